The van der Waals surface area contributed by atoms with E-state index in [1.807, 2.05) is 12.1 Å². The highest BCUT2D eigenvalue weighted by atomic mass is 35.5. The highest BCUT2D eigenvalue weighted by Gasteiger charge is 2.28. The first kappa shape index (κ1) is 12.1. The highest BCUT2D eigenvalue weighted by Crippen LogP contribution is 2.37. The molecule has 0 amide bonds. The van der Waals surface area contributed by atoms with Crippen LogP contribution >= 0.6 is 23.2 Å². The molecule has 1 aromatic carbocycles. The smallest absolute Gasteiger partial charge is 0.0642 e. The third kappa shape index (κ3) is 2.16. The summed E-state index contributed by atoms with van der Waals surface area (Å²) in [7, 11) is 0. The molecule has 1 nitrogen and oxygen atoms in total. The SMILES string of the molecule is CC1CC(C)N(c2c(Cl)cccc2CCl)C1. The molecule has 0 radical (unpaired) electrons. The molecule has 88 valence electrons. The van der Waals surface area contributed by atoms with Gasteiger partial charge in [0.15, 0.2) is 0 Å². The van der Waals surface area contributed by atoms with Crippen molar-refractivity contribution in [2.24, 2.45) is 5.92 Å². The average molecular weight is 258 g/mol. The Bertz CT molecular complexity index is 378. The van der Waals surface area contributed by atoms with Crippen molar-refractivity contribution in [3.05, 3.63) is 28.8 Å². The van der Waals surface area contributed by atoms with Gasteiger partial charge in [-0.1, -0.05) is 30.7 Å². The van der Waals surface area contributed by atoms with Crippen molar-refractivity contribution < 1.29 is 0 Å². The summed E-state index contributed by atoms with van der Waals surface area (Å²) < 4.78 is 0. The van der Waals surface area contributed by atoms with Crippen molar-refractivity contribution >= 4 is 28.9 Å². The fourth-order valence-electron chi connectivity index (χ4n) is 2.60. The van der Waals surface area contributed by atoms with Gasteiger partial charge in [-0.25, -0.2) is 0 Å². The van der Waals surface area contributed by atoms with Crippen LogP contribution < -0.4 is 4.90 Å². The largest absolute Gasteiger partial charge is 0.367 e. The van der Waals surface area contributed by atoms with Crippen molar-refractivity contribution in [1.82, 2.24) is 0 Å². The summed E-state index contributed by atoms with van der Waals surface area (Å²) in [5, 5.41) is 0.819. The molecule has 1 saturated heterocycles. The van der Waals surface area contributed by atoms with Gasteiger partial charge in [0.1, 0.15) is 0 Å². The standard InChI is InChI=1S/C13H17Cl2N/c1-9-6-10(2)16(8-9)13-11(7-14)4-3-5-12(13)15/h3-5,9-10H,6-8H2,1-2H3. The summed E-state index contributed by atoms with van der Waals surface area (Å²) in [5.74, 6) is 1.25. The number of alkyl halides is 1. The fraction of sp³-hybridized carbons (Fsp3) is 0.538. The number of rotatable bonds is 2. The predicted molar refractivity (Wildman–Crippen MR) is 71.6 cm³/mol. The third-order valence-electron chi connectivity index (χ3n) is 3.29. The summed E-state index contributed by atoms with van der Waals surface area (Å²) in [6.07, 6.45) is 1.23. The molecular weight excluding hydrogens is 241 g/mol. The minimum atomic E-state index is 0.521. The maximum Gasteiger partial charge on any atom is 0.0642 e. The minimum absolute atomic E-state index is 0.521. The lowest BCUT2D eigenvalue weighted by molar-refractivity contribution is 0.625. The molecule has 2 unspecified atom stereocenters. The second-order valence-corrected chi connectivity index (χ2v) is 5.40. The Kier molecular flexibility index (Phi) is 3.66. The third-order valence-corrected chi connectivity index (χ3v) is 3.88. The molecule has 1 heterocycles. The Morgan fingerprint density at radius 1 is 1.38 bits per heavy atom. The van der Waals surface area contributed by atoms with Crippen molar-refractivity contribution in [2.45, 2.75) is 32.2 Å². The van der Waals surface area contributed by atoms with Crippen LogP contribution in [0.3, 0.4) is 0 Å². The van der Waals surface area contributed by atoms with Crippen molar-refractivity contribution in [1.29, 1.82) is 0 Å². The lowest BCUT2D eigenvalue weighted by Crippen LogP contribution is -2.27. The van der Waals surface area contributed by atoms with Crippen LogP contribution in [-0.2, 0) is 5.88 Å². The van der Waals surface area contributed by atoms with Crippen LogP contribution in [0.4, 0.5) is 5.69 Å². The van der Waals surface area contributed by atoms with Crippen molar-refractivity contribution in [3.8, 4) is 0 Å². The second kappa shape index (κ2) is 4.85. The Morgan fingerprint density at radius 3 is 2.69 bits per heavy atom. The summed E-state index contributed by atoms with van der Waals surface area (Å²) in [5.41, 5.74) is 2.27. The van der Waals surface area contributed by atoms with Gasteiger partial charge in [-0.05, 0) is 30.9 Å². The van der Waals surface area contributed by atoms with Gasteiger partial charge in [0.25, 0.3) is 0 Å². The van der Waals surface area contributed by atoms with Gasteiger partial charge in [-0.3, -0.25) is 0 Å². The molecule has 0 saturated carbocycles. The molecule has 16 heavy (non-hydrogen) atoms. The average Bonchev–Trinajstić information content (AvgIpc) is 2.57. The lowest BCUT2D eigenvalue weighted by Gasteiger charge is -2.27. The number of benzene rings is 1. The zero-order chi connectivity index (χ0) is 11.7. The van der Waals surface area contributed by atoms with Crippen LogP contribution in [0.5, 0.6) is 0 Å². The van der Waals surface area contributed by atoms with E-state index in [9.17, 15) is 0 Å². The number of nitrogens with zero attached hydrogens (tertiary/aromatic N) is 1. The summed E-state index contributed by atoms with van der Waals surface area (Å²) in [4.78, 5) is 2.39. The normalized spacial score (nSPS) is 25.1. The van der Waals surface area contributed by atoms with Gasteiger partial charge >= 0.3 is 0 Å². The minimum Gasteiger partial charge on any atom is -0.367 e. The van der Waals surface area contributed by atoms with E-state index in [0.717, 1.165) is 28.7 Å². The molecule has 0 bridgehead atoms. The molecule has 0 N–H and O–H groups in total. The van der Waals surface area contributed by atoms with E-state index in [1.54, 1.807) is 0 Å². The molecule has 1 aliphatic heterocycles. The molecule has 0 aromatic heterocycles. The van der Waals surface area contributed by atoms with E-state index in [1.165, 1.54) is 6.42 Å². The quantitative estimate of drug-likeness (QED) is 0.714. The molecule has 1 aliphatic rings. The molecule has 0 spiro atoms. The molecular formula is C13H17Cl2N. The summed E-state index contributed by atoms with van der Waals surface area (Å²) >= 11 is 12.3. The molecule has 1 aromatic rings. The van der Waals surface area contributed by atoms with E-state index >= 15 is 0 Å². The number of anilines is 1. The summed E-state index contributed by atoms with van der Waals surface area (Å²) in [6, 6.07) is 6.53. The van der Waals surface area contributed by atoms with E-state index in [4.69, 9.17) is 23.2 Å². The Morgan fingerprint density at radius 2 is 2.12 bits per heavy atom. The van der Waals surface area contributed by atoms with Crippen LogP contribution in [0.15, 0.2) is 18.2 Å². The van der Waals surface area contributed by atoms with Gasteiger partial charge < -0.3 is 4.90 Å². The van der Waals surface area contributed by atoms with E-state index in [2.05, 4.69) is 24.8 Å². The lowest BCUT2D eigenvalue weighted by atomic mass is 10.1. The van der Waals surface area contributed by atoms with Gasteiger partial charge in [0.2, 0.25) is 0 Å². The zero-order valence-electron chi connectivity index (χ0n) is 9.71. The van der Waals surface area contributed by atoms with Crippen molar-refractivity contribution in [3.63, 3.8) is 0 Å². The van der Waals surface area contributed by atoms with E-state index in [-0.39, 0.29) is 0 Å². The van der Waals surface area contributed by atoms with Crippen LogP contribution in [-0.4, -0.2) is 12.6 Å². The number of hydrogen-bond donors (Lipinski definition) is 0. The van der Waals surface area contributed by atoms with Gasteiger partial charge in [-0.2, -0.15) is 0 Å². The van der Waals surface area contributed by atoms with Crippen LogP contribution in [0.25, 0.3) is 0 Å². The Labute approximate surface area is 107 Å². The Balaban J connectivity index is 2.39. The number of hydrogen-bond acceptors (Lipinski definition) is 1. The van der Waals surface area contributed by atoms with Crippen LogP contribution in [0.2, 0.25) is 5.02 Å². The number of para-hydroxylation sites is 1. The first-order valence-electron chi connectivity index (χ1n) is 5.73. The van der Waals surface area contributed by atoms with E-state index < -0.39 is 0 Å². The predicted octanol–water partition coefficient (Wildman–Crippen LogP) is 4.31. The first-order valence-corrected chi connectivity index (χ1v) is 6.64. The monoisotopic (exact) mass is 257 g/mol. The van der Waals surface area contributed by atoms with Crippen LogP contribution in [0.1, 0.15) is 25.8 Å². The van der Waals surface area contributed by atoms with E-state index in [0.29, 0.717) is 11.9 Å². The molecule has 2 atom stereocenters. The highest BCUT2D eigenvalue weighted by molar-refractivity contribution is 6.33. The second-order valence-electron chi connectivity index (χ2n) is 4.72. The maximum atomic E-state index is 6.30. The molecule has 2 rings (SSSR count). The zero-order valence-corrected chi connectivity index (χ0v) is 11.2. The maximum absolute atomic E-state index is 6.30. The van der Waals surface area contributed by atoms with Crippen LogP contribution in [0, 0.1) is 5.92 Å². The van der Waals surface area contributed by atoms with Crippen molar-refractivity contribution in [2.75, 3.05) is 11.4 Å². The molecule has 3 heteroatoms. The molecule has 0 aliphatic carbocycles. The Hall–Kier alpha value is -0.400. The van der Waals surface area contributed by atoms with Gasteiger partial charge in [0.05, 0.1) is 10.7 Å². The first-order chi connectivity index (χ1) is 7.63. The number of halogens is 2. The van der Waals surface area contributed by atoms with Gasteiger partial charge in [-0.15, -0.1) is 11.6 Å². The fourth-order valence-corrected chi connectivity index (χ4v) is 3.12. The van der Waals surface area contributed by atoms with Gasteiger partial charge in [0, 0.05) is 18.5 Å². The molecule has 1 fully saturated rings. The summed E-state index contributed by atoms with van der Waals surface area (Å²) in [6.45, 7) is 5.62. The topological polar surface area (TPSA) is 3.24 Å².